The van der Waals surface area contributed by atoms with E-state index in [0.29, 0.717) is 22.9 Å². The summed E-state index contributed by atoms with van der Waals surface area (Å²) in [6.07, 6.45) is 1.37. The van der Waals surface area contributed by atoms with E-state index in [-0.39, 0.29) is 5.91 Å². The second-order valence-corrected chi connectivity index (χ2v) is 6.99. The Morgan fingerprint density at radius 3 is 2.30 bits per heavy atom. The number of nitrogens with zero attached hydrogens (tertiary/aromatic N) is 2. The van der Waals surface area contributed by atoms with Crippen LogP contribution >= 0.6 is 15.9 Å². The van der Waals surface area contributed by atoms with Crippen LogP contribution in [-0.2, 0) is 0 Å². The van der Waals surface area contributed by atoms with E-state index in [1.54, 1.807) is 24.3 Å². The number of carbonyl (C=O) groups is 1. The van der Waals surface area contributed by atoms with Gasteiger partial charge in [-0.05, 0) is 61.4 Å². The zero-order valence-electron chi connectivity index (χ0n) is 14.9. The largest absolute Gasteiger partial charge is 0.393 e. The Kier molecular flexibility index (Phi) is 5.56. The molecule has 1 amide bonds. The Balaban J connectivity index is 1.72. The van der Waals surface area contributed by atoms with Crippen LogP contribution in [0.25, 0.3) is 0 Å². The van der Waals surface area contributed by atoms with E-state index in [1.807, 2.05) is 26.0 Å². The fraction of sp³-hybridized carbons (Fsp3) is 0.105. The van der Waals surface area contributed by atoms with Crippen LogP contribution in [0.15, 0.2) is 53.3 Å². The van der Waals surface area contributed by atoms with Crippen molar-refractivity contribution in [1.29, 1.82) is 0 Å². The summed E-state index contributed by atoms with van der Waals surface area (Å²) in [7, 11) is 0. The minimum absolute atomic E-state index is 0.299. The molecule has 0 unspecified atom stereocenters. The predicted octanol–water partition coefficient (Wildman–Crippen LogP) is 3.94. The molecule has 0 radical (unpaired) electrons. The highest BCUT2D eigenvalue weighted by Crippen LogP contribution is 2.26. The quantitative estimate of drug-likeness (QED) is 0.460. The van der Waals surface area contributed by atoms with E-state index in [2.05, 4.69) is 48.1 Å². The highest BCUT2D eigenvalue weighted by Gasteiger charge is 2.11. The van der Waals surface area contributed by atoms with Gasteiger partial charge in [0.1, 0.15) is 12.0 Å². The number of benzene rings is 2. The Morgan fingerprint density at radius 2 is 1.63 bits per heavy atom. The molecule has 0 spiro atoms. The maximum absolute atomic E-state index is 12.2. The Hall–Kier alpha value is -3.13. The van der Waals surface area contributed by atoms with Crippen molar-refractivity contribution >= 4 is 44.8 Å². The van der Waals surface area contributed by atoms with Crippen molar-refractivity contribution in [2.75, 3.05) is 16.5 Å². The van der Waals surface area contributed by atoms with Crippen LogP contribution in [0.4, 0.5) is 23.0 Å². The Labute approximate surface area is 165 Å². The fourth-order valence-corrected chi connectivity index (χ4v) is 2.83. The maximum atomic E-state index is 12.2. The third-order valence-corrected chi connectivity index (χ3v) is 4.30. The Bertz CT molecular complexity index is 954. The van der Waals surface area contributed by atoms with Crippen LogP contribution in [0.5, 0.6) is 0 Å². The molecule has 3 rings (SSSR count). The number of amides is 1. The van der Waals surface area contributed by atoms with Crippen LogP contribution in [0.3, 0.4) is 0 Å². The third kappa shape index (κ3) is 4.73. The summed E-state index contributed by atoms with van der Waals surface area (Å²) in [6.45, 7) is 4.04. The summed E-state index contributed by atoms with van der Waals surface area (Å²) in [6, 6.07) is 13.1. The Morgan fingerprint density at radius 1 is 1.00 bits per heavy atom. The molecule has 8 heteroatoms. The lowest BCUT2D eigenvalue weighted by Crippen LogP contribution is -2.30. The number of nitrogens with two attached hydrogens (primary N) is 1. The van der Waals surface area contributed by atoms with Gasteiger partial charge in [-0.3, -0.25) is 15.6 Å². The summed E-state index contributed by atoms with van der Waals surface area (Å²) in [5.41, 5.74) is 15.4. The van der Waals surface area contributed by atoms with Crippen LogP contribution < -0.4 is 21.9 Å². The highest BCUT2D eigenvalue weighted by atomic mass is 79.9. The number of anilines is 4. The summed E-state index contributed by atoms with van der Waals surface area (Å²) < 4.78 is 0.897. The van der Waals surface area contributed by atoms with Gasteiger partial charge in [-0.15, -0.1) is 0 Å². The SMILES string of the molecule is Cc1cc(C)cc(Nc2ncnc(NNC(=O)c3ccc(Br)cc3)c2N)c1. The molecule has 7 nitrogen and oxygen atoms in total. The van der Waals surface area contributed by atoms with Gasteiger partial charge in [-0.1, -0.05) is 22.0 Å². The molecule has 0 fully saturated rings. The lowest BCUT2D eigenvalue weighted by atomic mass is 10.1. The van der Waals surface area contributed by atoms with Gasteiger partial charge in [0, 0.05) is 15.7 Å². The van der Waals surface area contributed by atoms with Gasteiger partial charge < -0.3 is 11.1 Å². The summed E-state index contributed by atoms with van der Waals surface area (Å²) in [5, 5.41) is 3.19. The number of hydrazine groups is 1. The molecule has 27 heavy (non-hydrogen) atoms. The number of rotatable bonds is 5. The topological polar surface area (TPSA) is 105 Å². The zero-order valence-corrected chi connectivity index (χ0v) is 16.5. The predicted molar refractivity (Wildman–Crippen MR) is 111 cm³/mol. The normalized spacial score (nSPS) is 10.3. The lowest BCUT2D eigenvalue weighted by molar-refractivity contribution is 0.0962. The highest BCUT2D eigenvalue weighted by molar-refractivity contribution is 9.10. The average Bonchev–Trinajstić information content (AvgIpc) is 2.62. The van der Waals surface area contributed by atoms with Gasteiger partial charge in [-0.25, -0.2) is 9.97 Å². The molecule has 0 atom stereocenters. The van der Waals surface area contributed by atoms with E-state index in [0.717, 1.165) is 21.3 Å². The van der Waals surface area contributed by atoms with E-state index < -0.39 is 0 Å². The number of aryl methyl sites for hydroxylation is 2. The van der Waals surface area contributed by atoms with Crippen LogP contribution in [0.2, 0.25) is 0 Å². The first-order chi connectivity index (χ1) is 12.9. The summed E-state index contributed by atoms with van der Waals surface area (Å²) in [5.74, 6) is 0.460. The van der Waals surface area contributed by atoms with Crippen molar-refractivity contribution in [3.05, 3.63) is 70.0 Å². The minimum Gasteiger partial charge on any atom is -0.393 e. The van der Waals surface area contributed by atoms with E-state index in [1.165, 1.54) is 6.33 Å². The van der Waals surface area contributed by atoms with Crippen molar-refractivity contribution in [3.63, 3.8) is 0 Å². The molecule has 0 bridgehead atoms. The van der Waals surface area contributed by atoms with Crippen LogP contribution in [0.1, 0.15) is 21.5 Å². The van der Waals surface area contributed by atoms with E-state index in [9.17, 15) is 4.79 Å². The number of nitrogens with one attached hydrogen (secondary N) is 3. The smallest absolute Gasteiger partial charge is 0.269 e. The van der Waals surface area contributed by atoms with E-state index in [4.69, 9.17) is 5.73 Å². The third-order valence-electron chi connectivity index (χ3n) is 3.77. The van der Waals surface area contributed by atoms with Gasteiger partial charge in [0.15, 0.2) is 11.6 Å². The molecule has 0 saturated carbocycles. The molecule has 2 aromatic carbocycles. The van der Waals surface area contributed by atoms with Gasteiger partial charge in [0.25, 0.3) is 5.91 Å². The first-order valence-electron chi connectivity index (χ1n) is 8.20. The second-order valence-electron chi connectivity index (χ2n) is 6.07. The van der Waals surface area contributed by atoms with Crippen molar-refractivity contribution in [3.8, 4) is 0 Å². The molecule has 1 aromatic heterocycles. The number of carbonyl (C=O) groups excluding carboxylic acids is 1. The number of halogens is 1. The summed E-state index contributed by atoms with van der Waals surface area (Å²) >= 11 is 3.34. The van der Waals surface area contributed by atoms with Gasteiger partial charge >= 0.3 is 0 Å². The molecule has 3 aromatic rings. The van der Waals surface area contributed by atoms with Crippen molar-refractivity contribution in [2.24, 2.45) is 0 Å². The first-order valence-corrected chi connectivity index (χ1v) is 8.99. The number of hydrogen-bond acceptors (Lipinski definition) is 6. The molecule has 0 aliphatic rings. The standard InChI is InChI=1S/C19H19BrN6O/c1-11-7-12(2)9-15(8-11)24-17-16(21)18(23-10-22-17)25-26-19(27)13-3-5-14(20)6-4-13/h3-10H,21H2,1-2H3,(H,26,27)(H2,22,23,24,25). The number of aromatic nitrogens is 2. The lowest BCUT2D eigenvalue weighted by Gasteiger charge is -2.14. The average molecular weight is 427 g/mol. The van der Waals surface area contributed by atoms with Gasteiger partial charge in [-0.2, -0.15) is 0 Å². The zero-order chi connectivity index (χ0) is 19.4. The monoisotopic (exact) mass is 426 g/mol. The van der Waals surface area contributed by atoms with Crippen molar-refractivity contribution in [1.82, 2.24) is 15.4 Å². The van der Waals surface area contributed by atoms with Gasteiger partial charge in [0.2, 0.25) is 0 Å². The minimum atomic E-state index is -0.302. The molecule has 1 heterocycles. The van der Waals surface area contributed by atoms with Crippen molar-refractivity contribution < 1.29 is 4.79 Å². The summed E-state index contributed by atoms with van der Waals surface area (Å²) in [4.78, 5) is 20.5. The molecular weight excluding hydrogens is 408 g/mol. The number of nitrogen functional groups attached to an aromatic ring is 1. The second kappa shape index (κ2) is 8.05. The molecule has 0 aliphatic carbocycles. The maximum Gasteiger partial charge on any atom is 0.269 e. The van der Waals surface area contributed by atoms with Crippen molar-refractivity contribution in [2.45, 2.75) is 13.8 Å². The van der Waals surface area contributed by atoms with Gasteiger partial charge in [0.05, 0.1) is 0 Å². The van der Waals surface area contributed by atoms with E-state index >= 15 is 0 Å². The first kappa shape index (κ1) is 18.7. The van der Waals surface area contributed by atoms with Crippen LogP contribution in [0, 0.1) is 13.8 Å². The molecule has 138 valence electrons. The van der Waals surface area contributed by atoms with Crippen LogP contribution in [-0.4, -0.2) is 15.9 Å². The fourth-order valence-electron chi connectivity index (χ4n) is 2.57. The molecular formula is C19H19BrN6O. The molecule has 0 aliphatic heterocycles. The number of hydrogen-bond donors (Lipinski definition) is 4. The molecule has 0 saturated heterocycles. The molecule has 5 N–H and O–H groups in total.